The summed E-state index contributed by atoms with van der Waals surface area (Å²) < 4.78 is 45.5. The maximum absolute atomic E-state index is 13.7. The number of hydrogen-bond acceptors (Lipinski definition) is 10. The zero-order valence-electron chi connectivity index (χ0n) is 22.1. The van der Waals surface area contributed by atoms with Gasteiger partial charge >= 0.3 is 7.60 Å². The van der Waals surface area contributed by atoms with Gasteiger partial charge in [-0.3, -0.25) is 23.4 Å². The Kier molecular flexibility index (Phi) is 10.3. The standard InChI is InChI=1S/C24H38N5O7P/c1-7-11-16(10-4)34-13-17-19(36-37(31,32-6)15(5)9-3)20(33-12-8-2)23(35-17)29-14-26-18-21(29)27-24(25)28-22(18)30/h2,14-17,19-20,23H,7,9-13H2,1,3-6H3,(H3,25,27,28,30). The molecule has 3 heterocycles. The molecule has 12 nitrogen and oxygen atoms in total. The number of hydrogen-bond donors (Lipinski definition) is 2. The number of nitrogens with zero attached hydrogens (tertiary/aromatic N) is 3. The van der Waals surface area contributed by atoms with Crippen molar-refractivity contribution in [2.75, 3.05) is 26.1 Å². The summed E-state index contributed by atoms with van der Waals surface area (Å²) in [6.45, 7) is 7.95. The number of nitrogen functional groups attached to an aromatic ring is 1. The average Bonchev–Trinajstić information content (AvgIpc) is 3.45. The Balaban J connectivity index is 2.05. The Hall–Kier alpha value is -2.26. The summed E-state index contributed by atoms with van der Waals surface area (Å²) >= 11 is 0. The zero-order chi connectivity index (χ0) is 27.2. The number of nitrogens with two attached hydrogens (primary N) is 1. The molecule has 2 aromatic rings. The molecular formula is C24H38N5O7P. The summed E-state index contributed by atoms with van der Waals surface area (Å²) in [6.07, 6.45) is 6.92. The highest BCUT2D eigenvalue weighted by Crippen LogP contribution is 2.56. The minimum absolute atomic E-state index is 0.0243. The highest BCUT2D eigenvalue weighted by molar-refractivity contribution is 7.54. The van der Waals surface area contributed by atoms with Crippen molar-refractivity contribution < 1.29 is 27.8 Å². The monoisotopic (exact) mass is 539 g/mol. The summed E-state index contributed by atoms with van der Waals surface area (Å²) in [5.74, 6) is 2.39. The smallest absolute Gasteiger partial charge is 0.333 e. The molecule has 0 amide bonds. The van der Waals surface area contributed by atoms with Crippen LogP contribution < -0.4 is 11.3 Å². The molecule has 7 unspecified atom stereocenters. The molecule has 2 aromatic heterocycles. The summed E-state index contributed by atoms with van der Waals surface area (Å²) in [7, 11) is -2.20. The molecule has 0 aliphatic carbocycles. The molecule has 1 aliphatic rings. The molecule has 3 N–H and O–H groups in total. The Morgan fingerprint density at radius 2 is 2.08 bits per heavy atom. The predicted octanol–water partition coefficient (Wildman–Crippen LogP) is 3.24. The first-order valence-electron chi connectivity index (χ1n) is 12.6. The van der Waals surface area contributed by atoms with Crippen molar-refractivity contribution in [1.82, 2.24) is 19.5 Å². The normalized spacial score (nSPS) is 25.1. The van der Waals surface area contributed by atoms with Gasteiger partial charge in [0.1, 0.15) is 24.9 Å². The SMILES string of the molecule is C#CCOC1C(OP(=O)(OC)C(C)CC)C(COC(CC)CCC)OC1n1cnc2c(=O)[nH]c(N)nc21. The summed E-state index contributed by atoms with van der Waals surface area (Å²) in [4.78, 5) is 23.2. The van der Waals surface area contributed by atoms with Crippen LogP contribution in [0.5, 0.6) is 0 Å². The molecular weight excluding hydrogens is 501 g/mol. The Morgan fingerprint density at radius 3 is 2.70 bits per heavy atom. The first-order valence-corrected chi connectivity index (χ1v) is 14.2. The summed E-state index contributed by atoms with van der Waals surface area (Å²) in [5, 5.41) is 0. The van der Waals surface area contributed by atoms with Crippen molar-refractivity contribution in [3.63, 3.8) is 0 Å². The molecule has 3 rings (SSSR count). The van der Waals surface area contributed by atoms with E-state index in [1.165, 1.54) is 13.4 Å². The van der Waals surface area contributed by atoms with Crippen LogP contribution in [0.15, 0.2) is 11.1 Å². The van der Waals surface area contributed by atoms with Crippen molar-refractivity contribution in [1.29, 1.82) is 0 Å². The van der Waals surface area contributed by atoms with Crippen LogP contribution in [-0.4, -0.2) is 69.9 Å². The molecule has 0 spiro atoms. The van der Waals surface area contributed by atoms with Crippen LogP contribution in [0.25, 0.3) is 11.2 Å². The van der Waals surface area contributed by atoms with Crippen LogP contribution in [-0.2, 0) is 27.8 Å². The highest BCUT2D eigenvalue weighted by atomic mass is 31.2. The topological polar surface area (TPSA) is 153 Å². The number of aromatic amines is 1. The van der Waals surface area contributed by atoms with Gasteiger partial charge in [0.25, 0.3) is 5.56 Å². The maximum Gasteiger partial charge on any atom is 0.333 e. The van der Waals surface area contributed by atoms with Crippen LogP contribution in [0.3, 0.4) is 0 Å². The van der Waals surface area contributed by atoms with Gasteiger partial charge in [-0.15, -0.1) is 6.42 Å². The Bertz CT molecular complexity index is 1180. The van der Waals surface area contributed by atoms with Crippen LogP contribution in [0.2, 0.25) is 0 Å². The number of ether oxygens (including phenoxy) is 3. The zero-order valence-corrected chi connectivity index (χ0v) is 23.0. The van der Waals surface area contributed by atoms with Gasteiger partial charge in [-0.2, -0.15) is 4.98 Å². The lowest BCUT2D eigenvalue weighted by Crippen LogP contribution is -2.39. The number of fused-ring (bicyclic) bond motifs is 1. The predicted molar refractivity (Wildman–Crippen MR) is 139 cm³/mol. The third kappa shape index (κ3) is 6.42. The van der Waals surface area contributed by atoms with E-state index in [0.717, 1.165) is 19.3 Å². The second-order valence-corrected chi connectivity index (χ2v) is 11.6. The lowest BCUT2D eigenvalue weighted by molar-refractivity contribution is -0.0842. The highest BCUT2D eigenvalue weighted by Gasteiger charge is 2.51. The average molecular weight is 540 g/mol. The second-order valence-electron chi connectivity index (χ2n) is 9.02. The molecule has 37 heavy (non-hydrogen) atoms. The van der Waals surface area contributed by atoms with E-state index in [4.69, 9.17) is 35.4 Å². The van der Waals surface area contributed by atoms with Crippen molar-refractivity contribution in [3.8, 4) is 12.3 Å². The molecule has 1 saturated heterocycles. The van der Waals surface area contributed by atoms with E-state index >= 15 is 0 Å². The molecule has 1 fully saturated rings. The fraction of sp³-hybridized carbons (Fsp3) is 0.708. The summed E-state index contributed by atoms with van der Waals surface area (Å²) in [5.41, 5.74) is 5.22. The van der Waals surface area contributed by atoms with Crippen molar-refractivity contribution in [2.24, 2.45) is 0 Å². The van der Waals surface area contributed by atoms with E-state index in [9.17, 15) is 9.36 Å². The van der Waals surface area contributed by atoms with Gasteiger partial charge in [0.2, 0.25) is 5.95 Å². The number of aromatic nitrogens is 4. The maximum atomic E-state index is 13.7. The number of imidazole rings is 1. The van der Waals surface area contributed by atoms with Crippen LogP contribution >= 0.6 is 7.60 Å². The van der Waals surface area contributed by atoms with E-state index in [0.29, 0.717) is 6.42 Å². The van der Waals surface area contributed by atoms with Crippen LogP contribution in [0.1, 0.15) is 59.6 Å². The minimum Gasteiger partial charge on any atom is -0.375 e. The second kappa shape index (κ2) is 13.0. The van der Waals surface area contributed by atoms with E-state index < -0.39 is 37.7 Å². The summed E-state index contributed by atoms with van der Waals surface area (Å²) in [6, 6.07) is 0. The quantitative estimate of drug-likeness (QED) is 0.270. The van der Waals surface area contributed by atoms with Crippen LogP contribution in [0.4, 0.5) is 5.95 Å². The lowest BCUT2D eigenvalue weighted by Gasteiger charge is -2.30. The molecule has 0 radical (unpaired) electrons. The van der Waals surface area contributed by atoms with Gasteiger partial charge in [0, 0.05) is 7.11 Å². The van der Waals surface area contributed by atoms with Gasteiger partial charge in [-0.05, 0) is 19.3 Å². The molecule has 0 bridgehead atoms. The minimum atomic E-state index is -3.56. The van der Waals surface area contributed by atoms with Gasteiger partial charge in [0.15, 0.2) is 17.4 Å². The molecule has 1 aliphatic heterocycles. The Labute approximate surface area is 217 Å². The van der Waals surface area contributed by atoms with Gasteiger partial charge in [0.05, 0.1) is 24.7 Å². The number of terminal acetylenes is 1. The third-order valence-electron chi connectivity index (χ3n) is 6.59. The lowest BCUT2D eigenvalue weighted by atomic mass is 10.1. The number of rotatable bonds is 14. The largest absolute Gasteiger partial charge is 0.375 e. The van der Waals surface area contributed by atoms with Gasteiger partial charge in [-0.1, -0.05) is 40.0 Å². The first-order chi connectivity index (χ1) is 17.7. The first kappa shape index (κ1) is 29.3. The molecule has 13 heteroatoms. The van der Waals surface area contributed by atoms with E-state index in [-0.39, 0.29) is 42.1 Å². The fourth-order valence-electron chi connectivity index (χ4n) is 4.32. The fourth-order valence-corrected chi connectivity index (χ4v) is 6.02. The molecule has 0 saturated carbocycles. The molecule has 206 valence electrons. The number of nitrogens with one attached hydrogen (secondary N) is 1. The van der Waals surface area contributed by atoms with Crippen molar-refractivity contribution in [2.45, 2.75) is 89.7 Å². The molecule has 0 aromatic carbocycles. The van der Waals surface area contributed by atoms with E-state index in [1.807, 2.05) is 6.92 Å². The van der Waals surface area contributed by atoms with Crippen LogP contribution in [0, 0.1) is 12.3 Å². The van der Waals surface area contributed by atoms with E-state index in [1.54, 1.807) is 11.5 Å². The van der Waals surface area contributed by atoms with Crippen molar-refractivity contribution >= 4 is 24.7 Å². The van der Waals surface area contributed by atoms with Crippen molar-refractivity contribution in [3.05, 3.63) is 16.7 Å². The number of H-pyrrole nitrogens is 1. The van der Waals surface area contributed by atoms with E-state index in [2.05, 4.69) is 34.7 Å². The third-order valence-corrected chi connectivity index (χ3v) is 9.08. The van der Waals surface area contributed by atoms with Gasteiger partial charge < -0.3 is 24.5 Å². The van der Waals surface area contributed by atoms with Gasteiger partial charge in [-0.25, -0.2) is 4.98 Å². The molecule has 7 atom stereocenters. The number of anilines is 1. The Morgan fingerprint density at radius 1 is 1.32 bits per heavy atom.